The highest BCUT2D eigenvalue weighted by Gasteiger charge is 2.32. The number of sulfonamides is 1. The van der Waals surface area contributed by atoms with E-state index in [2.05, 4.69) is 14.6 Å². The molecular formula is C18H27N3O4S. The van der Waals surface area contributed by atoms with Gasteiger partial charge in [-0.05, 0) is 39.8 Å². The molecule has 1 aromatic rings. The van der Waals surface area contributed by atoms with Crippen LogP contribution in [-0.4, -0.2) is 50.7 Å². The lowest BCUT2D eigenvalue weighted by Gasteiger charge is -2.34. The summed E-state index contributed by atoms with van der Waals surface area (Å²) in [7, 11) is -3.47. The van der Waals surface area contributed by atoms with Gasteiger partial charge in [-0.2, -0.15) is 0 Å². The summed E-state index contributed by atoms with van der Waals surface area (Å²) in [6, 6.07) is 3.92. The molecule has 7 nitrogen and oxygen atoms in total. The molecule has 1 aromatic carbocycles. The Kier molecular flexibility index (Phi) is 5.05. The molecule has 0 amide bonds. The number of anilines is 1. The van der Waals surface area contributed by atoms with Crippen molar-refractivity contribution in [2.24, 2.45) is 4.99 Å². The Morgan fingerprint density at radius 2 is 2.15 bits per heavy atom. The number of benzene rings is 1. The van der Waals surface area contributed by atoms with E-state index in [0.717, 1.165) is 25.1 Å². The van der Waals surface area contributed by atoms with E-state index in [1.807, 2.05) is 39.2 Å². The first-order valence-corrected chi connectivity index (χ1v) is 10.6. The van der Waals surface area contributed by atoms with Crippen LogP contribution < -0.4 is 14.2 Å². The van der Waals surface area contributed by atoms with Crippen molar-refractivity contribution in [2.75, 3.05) is 30.2 Å². The van der Waals surface area contributed by atoms with Crippen LogP contribution in [0.4, 0.5) is 5.69 Å². The van der Waals surface area contributed by atoms with Crippen molar-refractivity contribution in [1.29, 1.82) is 0 Å². The van der Waals surface area contributed by atoms with Crippen LogP contribution in [0.5, 0.6) is 11.5 Å². The molecule has 8 heteroatoms. The van der Waals surface area contributed by atoms with Gasteiger partial charge in [-0.1, -0.05) is 0 Å². The quantitative estimate of drug-likeness (QED) is 0.848. The van der Waals surface area contributed by atoms with Crippen molar-refractivity contribution in [1.82, 2.24) is 4.90 Å². The molecule has 1 N–H and O–H groups in total. The minimum absolute atomic E-state index is 0.0200. The number of nitrogens with zero attached hydrogens (tertiary/aromatic N) is 2. The summed E-state index contributed by atoms with van der Waals surface area (Å²) in [4.78, 5) is 6.48. The SMILES string of the molecule is CCS(=O)(=O)Nc1c(OC(C)(C)C)ccc2c1OCCC2N1C=NCC1. The van der Waals surface area contributed by atoms with Crippen LogP contribution in [0.25, 0.3) is 0 Å². The fraction of sp³-hybridized carbons (Fsp3) is 0.611. The first-order chi connectivity index (χ1) is 12.2. The topological polar surface area (TPSA) is 80.2 Å². The van der Waals surface area contributed by atoms with Gasteiger partial charge in [0.05, 0.1) is 31.3 Å². The first kappa shape index (κ1) is 18.8. The van der Waals surface area contributed by atoms with Crippen LogP contribution in [0.3, 0.4) is 0 Å². The summed E-state index contributed by atoms with van der Waals surface area (Å²) in [5.74, 6) is 1.01. The average Bonchev–Trinajstić information content (AvgIpc) is 3.09. The fourth-order valence-corrected chi connectivity index (χ4v) is 3.79. The van der Waals surface area contributed by atoms with E-state index in [1.54, 1.807) is 6.92 Å². The van der Waals surface area contributed by atoms with Gasteiger partial charge in [0.2, 0.25) is 10.0 Å². The smallest absolute Gasteiger partial charge is 0.232 e. The largest absolute Gasteiger partial charge is 0.491 e. The molecule has 0 radical (unpaired) electrons. The standard InChI is InChI=1S/C18H27N3O4S/c1-5-26(22,23)20-16-15(25-18(2,3)4)7-6-13-14(8-11-24-17(13)16)21-10-9-19-12-21/h6-7,12,14,20H,5,8-11H2,1-4H3. The summed E-state index contributed by atoms with van der Waals surface area (Å²) < 4.78 is 39.1. The van der Waals surface area contributed by atoms with Crippen LogP contribution >= 0.6 is 0 Å². The molecule has 0 bridgehead atoms. The lowest BCUT2D eigenvalue weighted by atomic mass is 9.98. The van der Waals surface area contributed by atoms with Gasteiger partial charge in [-0.15, -0.1) is 0 Å². The summed E-state index contributed by atoms with van der Waals surface area (Å²) >= 11 is 0. The second-order valence-corrected chi connectivity index (χ2v) is 9.50. The minimum Gasteiger partial charge on any atom is -0.491 e. The first-order valence-electron chi connectivity index (χ1n) is 8.95. The Morgan fingerprint density at radius 1 is 1.38 bits per heavy atom. The van der Waals surface area contributed by atoms with E-state index < -0.39 is 15.6 Å². The normalized spacial score (nSPS) is 19.8. The van der Waals surface area contributed by atoms with Crippen molar-refractivity contribution < 1.29 is 17.9 Å². The third-order valence-electron chi connectivity index (χ3n) is 4.32. The van der Waals surface area contributed by atoms with Crippen LogP contribution in [-0.2, 0) is 10.0 Å². The molecule has 144 valence electrons. The summed E-state index contributed by atoms with van der Waals surface area (Å²) in [5, 5.41) is 0. The Bertz CT molecular complexity index is 799. The monoisotopic (exact) mass is 381 g/mol. The lowest BCUT2D eigenvalue weighted by Crippen LogP contribution is -2.31. The zero-order valence-corrected chi connectivity index (χ0v) is 16.6. The number of aliphatic imine (C=N–C) groups is 1. The van der Waals surface area contributed by atoms with Crippen LogP contribution in [0.15, 0.2) is 17.1 Å². The zero-order chi connectivity index (χ0) is 18.9. The second-order valence-electron chi connectivity index (χ2n) is 7.49. The molecule has 1 unspecified atom stereocenters. The van der Waals surface area contributed by atoms with Crippen LogP contribution in [0.1, 0.15) is 45.7 Å². The highest BCUT2D eigenvalue weighted by Crippen LogP contribution is 2.46. The molecule has 0 aliphatic carbocycles. The molecule has 0 spiro atoms. The van der Waals surface area contributed by atoms with Crippen molar-refractivity contribution in [2.45, 2.75) is 45.8 Å². The molecule has 0 fully saturated rings. The molecule has 0 saturated carbocycles. The van der Waals surface area contributed by atoms with Gasteiger partial charge in [0.1, 0.15) is 17.0 Å². The number of hydrogen-bond acceptors (Lipinski definition) is 6. The maximum atomic E-state index is 12.3. The Morgan fingerprint density at radius 3 is 2.77 bits per heavy atom. The van der Waals surface area contributed by atoms with Gasteiger partial charge < -0.3 is 14.4 Å². The molecule has 0 aromatic heterocycles. The van der Waals surface area contributed by atoms with E-state index in [0.29, 0.717) is 23.8 Å². The molecule has 2 heterocycles. The van der Waals surface area contributed by atoms with Gasteiger partial charge in [-0.3, -0.25) is 9.71 Å². The zero-order valence-electron chi connectivity index (χ0n) is 15.8. The predicted octanol–water partition coefficient (Wildman–Crippen LogP) is 2.79. The molecule has 2 aliphatic heterocycles. The van der Waals surface area contributed by atoms with Gasteiger partial charge in [0.25, 0.3) is 0 Å². The highest BCUT2D eigenvalue weighted by molar-refractivity contribution is 7.92. The Balaban J connectivity index is 2.07. The maximum Gasteiger partial charge on any atom is 0.232 e. The van der Waals surface area contributed by atoms with E-state index in [-0.39, 0.29) is 11.8 Å². The highest BCUT2D eigenvalue weighted by atomic mass is 32.2. The van der Waals surface area contributed by atoms with Crippen LogP contribution in [0, 0.1) is 0 Å². The number of ether oxygens (including phenoxy) is 2. The third kappa shape index (κ3) is 4.06. The number of hydrogen-bond donors (Lipinski definition) is 1. The second kappa shape index (κ2) is 6.98. The predicted molar refractivity (Wildman–Crippen MR) is 103 cm³/mol. The van der Waals surface area contributed by atoms with Gasteiger partial charge in [-0.25, -0.2) is 8.42 Å². The van der Waals surface area contributed by atoms with E-state index >= 15 is 0 Å². The molecular weight excluding hydrogens is 354 g/mol. The summed E-state index contributed by atoms with van der Waals surface area (Å²) in [5.41, 5.74) is 0.885. The van der Waals surface area contributed by atoms with E-state index in [4.69, 9.17) is 9.47 Å². The Labute approximate surface area is 155 Å². The van der Waals surface area contributed by atoms with Crippen LogP contribution in [0.2, 0.25) is 0 Å². The van der Waals surface area contributed by atoms with Gasteiger partial charge in [0.15, 0.2) is 5.75 Å². The van der Waals surface area contributed by atoms with Gasteiger partial charge >= 0.3 is 0 Å². The molecule has 0 saturated heterocycles. The molecule has 1 atom stereocenters. The maximum absolute atomic E-state index is 12.3. The van der Waals surface area contributed by atoms with E-state index in [1.165, 1.54) is 0 Å². The average molecular weight is 381 g/mol. The molecule has 3 rings (SSSR count). The van der Waals surface area contributed by atoms with Crippen molar-refractivity contribution in [3.63, 3.8) is 0 Å². The molecule has 2 aliphatic rings. The molecule has 26 heavy (non-hydrogen) atoms. The van der Waals surface area contributed by atoms with Crippen molar-refractivity contribution >= 4 is 22.0 Å². The third-order valence-corrected chi connectivity index (χ3v) is 5.59. The van der Waals surface area contributed by atoms with Crippen molar-refractivity contribution in [3.8, 4) is 11.5 Å². The fourth-order valence-electron chi connectivity index (χ4n) is 3.14. The number of fused-ring (bicyclic) bond motifs is 1. The Hall–Kier alpha value is -1.96. The van der Waals surface area contributed by atoms with E-state index in [9.17, 15) is 8.42 Å². The summed E-state index contributed by atoms with van der Waals surface area (Å²) in [6.07, 6.45) is 2.70. The minimum atomic E-state index is -3.47. The van der Waals surface area contributed by atoms with Crippen molar-refractivity contribution in [3.05, 3.63) is 17.7 Å². The number of rotatable bonds is 5. The van der Waals surface area contributed by atoms with Gasteiger partial charge in [0, 0.05) is 18.5 Å². The summed E-state index contributed by atoms with van der Waals surface area (Å²) in [6.45, 7) is 9.54. The number of nitrogens with one attached hydrogen (secondary N) is 1. The lowest BCUT2D eigenvalue weighted by molar-refractivity contribution is 0.130.